The highest BCUT2D eigenvalue weighted by Gasteiger charge is 2.17. The zero-order valence-corrected chi connectivity index (χ0v) is 18.1. The average molecular weight is 452 g/mol. The van der Waals surface area contributed by atoms with Crippen LogP contribution in [-0.4, -0.2) is 61.7 Å². The maximum absolute atomic E-state index is 14.0. The minimum Gasteiger partial charge on any atom is -0.395 e. The Morgan fingerprint density at radius 3 is 2.36 bits per heavy atom. The van der Waals surface area contributed by atoms with Crippen LogP contribution in [0.15, 0.2) is 46.9 Å². The molecule has 5 nitrogen and oxygen atoms in total. The molecule has 1 N–H and O–H groups in total. The number of halogens is 2. The second-order valence-corrected chi connectivity index (χ2v) is 7.90. The van der Waals surface area contributed by atoms with Gasteiger partial charge in [-0.3, -0.25) is 9.69 Å². The number of carbonyl (C=O) groups excluding carboxylic acids is 1. The van der Waals surface area contributed by atoms with Crippen molar-refractivity contribution < 1.29 is 14.3 Å². The Hall–Kier alpha value is -1.96. The van der Waals surface area contributed by atoms with Crippen molar-refractivity contribution in [2.24, 2.45) is 0 Å². The number of rotatable bonds is 9. The lowest BCUT2D eigenvalue weighted by Gasteiger charge is -2.25. The molecule has 0 aliphatic rings. The van der Waals surface area contributed by atoms with Crippen molar-refractivity contribution in [3.8, 4) is 0 Å². The smallest absolute Gasteiger partial charge is 0.236 e. The van der Waals surface area contributed by atoms with E-state index in [2.05, 4.69) is 15.9 Å². The van der Waals surface area contributed by atoms with Crippen molar-refractivity contribution in [2.75, 3.05) is 45.7 Å². The van der Waals surface area contributed by atoms with Crippen molar-refractivity contribution in [3.63, 3.8) is 0 Å². The first-order valence-corrected chi connectivity index (χ1v) is 9.87. The van der Waals surface area contributed by atoms with Crippen LogP contribution in [0.1, 0.15) is 11.1 Å². The molecule has 0 aromatic heterocycles. The number of carbonyl (C=O) groups is 1. The van der Waals surface area contributed by atoms with E-state index in [1.54, 1.807) is 29.0 Å². The summed E-state index contributed by atoms with van der Waals surface area (Å²) in [6.45, 7) is 1.05. The van der Waals surface area contributed by atoms with Crippen LogP contribution in [0.3, 0.4) is 0 Å². The van der Waals surface area contributed by atoms with Crippen molar-refractivity contribution >= 4 is 27.5 Å². The lowest BCUT2D eigenvalue weighted by atomic mass is 10.2. The van der Waals surface area contributed by atoms with Gasteiger partial charge in [0.1, 0.15) is 5.82 Å². The largest absolute Gasteiger partial charge is 0.395 e. The molecule has 0 aliphatic heterocycles. The zero-order chi connectivity index (χ0) is 20.7. The van der Waals surface area contributed by atoms with Crippen LogP contribution in [-0.2, 0) is 17.9 Å². The third-order valence-electron chi connectivity index (χ3n) is 4.48. The van der Waals surface area contributed by atoms with Crippen molar-refractivity contribution in [1.82, 2.24) is 9.80 Å². The molecule has 28 heavy (non-hydrogen) atoms. The fourth-order valence-corrected chi connectivity index (χ4v) is 3.24. The maximum atomic E-state index is 14.0. The summed E-state index contributed by atoms with van der Waals surface area (Å²) in [4.78, 5) is 18.1. The normalized spacial score (nSPS) is 11.0. The number of likely N-dealkylation sites (N-methyl/N-ethyl adjacent to an activating group) is 1. The van der Waals surface area contributed by atoms with Gasteiger partial charge in [0, 0.05) is 56.5 Å². The summed E-state index contributed by atoms with van der Waals surface area (Å²) < 4.78 is 14.8. The van der Waals surface area contributed by atoms with Gasteiger partial charge in [0.15, 0.2) is 0 Å². The highest BCUT2D eigenvalue weighted by atomic mass is 79.9. The molecule has 0 saturated heterocycles. The SMILES string of the molecule is CN(Cc1ccc(N(C)C)cc1)C(=O)CN(CCO)Cc1cc(Br)ccc1F. The first-order chi connectivity index (χ1) is 13.3. The van der Waals surface area contributed by atoms with Gasteiger partial charge in [0.25, 0.3) is 0 Å². The molecule has 2 rings (SSSR count). The van der Waals surface area contributed by atoms with Crippen LogP contribution in [0.25, 0.3) is 0 Å². The van der Waals surface area contributed by atoms with Crippen LogP contribution in [0.5, 0.6) is 0 Å². The molecular formula is C21H27BrFN3O2. The number of hydrogen-bond acceptors (Lipinski definition) is 4. The molecule has 2 aromatic carbocycles. The summed E-state index contributed by atoms with van der Waals surface area (Å²) in [5.74, 6) is -0.409. The van der Waals surface area contributed by atoms with Gasteiger partial charge in [0.05, 0.1) is 13.2 Å². The second-order valence-electron chi connectivity index (χ2n) is 6.98. The molecule has 7 heteroatoms. The number of hydrogen-bond donors (Lipinski definition) is 1. The van der Waals surface area contributed by atoms with Crippen LogP contribution >= 0.6 is 15.9 Å². The highest BCUT2D eigenvalue weighted by molar-refractivity contribution is 9.10. The fraction of sp³-hybridized carbons (Fsp3) is 0.381. The minimum atomic E-state index is -0.326. The van der Waals surface area contributed by atoms with Gasteiger partial charge in [-0.1, -0.05) is 28.1 Å². The molecule has 0 bridgehead atoms. The first kappa shape index (κ1) is 22.3. The molecule has 0 radical (unpaired) electrons. The molecule has 0 atom stereocenters. The van der Waals surface area contributed by atoms with Crippen molar-refractivity contribution in [3.05, 3.63) is 63.9 Å². The van der Waals surface area contributed by atoms with Gasteiger partial charge < -0.3 is 14.9 Å². The van der Waals surface area contributed by atoms with E-state index >= 15 is 0 Å². The Balaban J connectivity index is 1.99. The lowest BCUT2D eigenvalue weighted by molar-refractivity contribution is -0.131. The lowest BCUT2D eigenvalue weighted by Crippen LogP contribution is -2.39. The minimum absolute atomic E-state index is 0.0828. The zero-order valence-electron chi connectivity index (χ0n) is 16.5. The van der Waals surface area contributed by atoms with Crippen LogP contribution in [0, 0.1) is 5.82 Å². The number of aliphatic hydroxyl groups excluding tert-OH is 1. The summed E-state index contributed by atoms with van der Waals surface area (Å²) in [5.41, 5.74) is 2.62. The summed E-state index contributed by atoms with van der Waals surface area (Å²) in [5, 5.41) is 9.32. The van der Waals surface area contributed by atoms with Gasteiger partial charge in [0.2, 0.25) is 5.91 Å². The molecule has 152 valence electrons. The maximum Gasteiger partial charge on any atom is 0.236 e. The standard InChI is InChI=1S/C21H27BrFN3O2/c1-24(2)19-7-4-16(5-8-19)13-25(3)21(28)15-26(10-11-27)14-17-12-18(22)6-9-20(17)23/h4-9,12,27H,10-11,13-15H2,1-3H3. The number of anilines is 1. The van der Waals surface area contributed by atoms with E-state index in [0.29, 0.717) is 18.7 Å². The van der Waals surface area contributed by atoms with Crippen molar-refractivity contribution in [2.45, 2.75) is 13.1 Å². The van der Waals surface area contributed by atoms with E-state index in [0.717, 1.165) is 15.7 Å². The van der Waals surface area contributed by atoms with Crippen molar-refractivity contribution in [1.29, 1.82) is 0 Å². The van der Waals surface area contributed by atoms with Gasteiger partial charge in [-0.25, -0.2) is 4.39 Å². The predicted octanol–water partition coefficient (Wildman–Crippen LogP) is 3.11. The Kier molecular flexibility index (Phi) is 8.41. The Morgan fingerprint density at radius 2 is 1.75 bits per heavy atom. The number of aliphatic hydroxyl groups is 1. The monoisotopic (exact) mass is 451 g/mol. The summed E-state index contributed by atoms with van der Waals surface area (Å²) in [6, 6.07) is 12.8. The summed E-state index contributed by atoms with van der Waals surface area (Å²) >= 11 is 3.34. The molecule has 0 spiro atoms. The van der Waals surface area contributed by atoms with E-state index in [1.807, 2.05) is 43.3 Å². The predicted molar refractivity (Wildman–Crippen MR) is 114 cm³/mol. The number of benzene rings is 2. The molecular weight excluding hydrogens is 425 g/mol. The molecule has 0 fully saturated rings. The van der Waals surface area contributed by atoms with E-state index < -0.39 is 0 Å². The topological polar surface area (TPSA) is 47.0 Å². The van der Waals surface area contributed by atoms with Crippen LogP contribution in [0.4, 0.5) is 10.1 Å². The third kappa shape index (κ3) is 6.58. The van der Waals surface area contributed by atoms with Gasteiger partial charge in [-0.05, 0) is 35.9 Å². The molecule has 1 amide bonds. The van der Waals surface area contributed by atoms with Gasteiger partial charge in [-0.2, -0.15) is 0 Å². The molecule has 2 aromatic rings. The fourth-order valence-electron chi connectivity index (χ4n) is 2.83. The van der Waals surface area contributed by atoms with Gasteiger partial charge in [-0.15, -0.1) is 0 Å². The summed E-state index contributed by atoms with van der Waals surface area (Å²) in [7, 11) is 5.71. The average Bonchev–Trinajstić information content (AvgIpc) is 2.65. The molecule has 0 unspecified atom stereocenters. The Morgan fingerprint density at radius 1 is 1.07 bits per heavy atom. The Labute approximate surface area is 174 Å². The first-order valence-electron chi connectivity index (χ1n) is 9.07. The van der Waals surface area contributed by atoms with Crippen LogP contribution in [0.2, 0.25) is 0 Å². The van der Waals surface area contributed by atoms with E-state index in [9.17, 15) is 14.3 Å². The highest BCUT2D eigenvalue weighted by Crippen LogP contribution is 2.18. The Bertz CT molecular complexity index is 784. The third-order valence-corrected chi connectivity index (χ3v) is 4.97. The van der Waals surface area contributed by atoms with Gasteiger partial charge >= 0.3 is 0 Å². The van der Waals surface area contributed by atoms with E-state index in [1.165, 1.54) is 6.07 Å². The second kappa shape index (κ2) is 10.5. The quantitative estimate of drug-likeness (QED) is 0.636. The number of nitrogens with zero attached hydrogens (tertiary/aromatic N) is 3. The van der Waals surface area contributed by atoms with E-state index in [4.69, 9.17) is 0 Å². The molecule has 0 saturated carbocycles. The molecule has 0 aliphatic carbocycles. The summed E-state index contributed by atoms with van der Waals surface area (Å²) in [6.07, 6.45) is 0. The number of amides is 1. The van der Waals surface area contributed by atoms with E-state index in [-0.39, 0.29) is 31.4 Å². The molecule has 0 heterocycles. The van der Waals surface area contributed by atoms with Crippen LogP contribution < -0.4 is 4.90 Å².